The summed E-state index contributed by atoms with van der Waals surface area (Å²) in [6.07, 6.45) is 1.37. The van der Waals surface area contributed by atoms with E-state index in [2.05, 4.69) is 4.99 Å². The van der Waals surface area contributed by atoms with Crippen LogP contribution in [-0.2, 0) is 9.59 Å². The maximum Gasteiger partial charge on any atom is 0.173 e. The fourth-order valence-electron chi connectivity index (χ4n) is 2.20. The van der Waals surface area contributed by atoms with E-state index in [1.807, 2.05) is 6.92 Å². The molecular formula is C10H13NO2. The van der Waals surface area contributed by atoms with Gasteiger partial charge in [-0.2, -0.15) is 0 Å². The van der Waals surface area contributed by atoms with Crippen LogP contribution in [0.2, 0.25) is 0 Å². The Bertz CT molecular complexity index is 306. The Hall–Kier alpha value is -0.990. The number of aliphatic imine (C=N–C) groups is 1. The molecule has 3 unspecified atom stereocenters. The first kappa shape index (κ1) is 8.60. The highest BCUT2D eigenvalue weighted by atomic mass is 16.2. The summed E-state index contributed by atoms with van der Waals surface area (Å²) in [6, 6.07) is -0.283. The van der Waals surface area contributed by atoms with E-state index in [9.17, 15) is 9.59 Å². The van der Waals surface area contributed by atoms with Crippen LogP contribution in [0.15, 0.2) is 4.99 Å². The topological polar surface area (TPSA) is 46.5 Å². The van der Waals surface area contributed by atoms with E-state index in [1.54, 1.807) is 6.92 Å². The highest BCUT2D eigenvalue weighted by molar-refractivity contribution is 6.26. The Morgan fingerprint density at radius 2 is 1.92 bits per heavy atom. The van der Waals surface area contributed by atoms with Crippen LogP contribution in [0.5, 0.6) is 0 Å². The number of nitrogens with zero attached hydrogens (tertiary/aromatic N) is 1. The molecule has 0 aromatic rings. The minimum atomic E-state index is -0.466. The molecule has 0 bridgehead atoms. The maximum atomic E-state index is 11.5. The molecule has 0 amide bonds. The molecule has 3 nitrogen and oxygen atoms in total. The fraction of sp³-hybridized carbons (Fsp3) is 0.700. The second-order valence-corrected chi connectivity index (χ2v) is 4.11. The van der Waals surface area contributed by atoms with Crippen molar-refractivity contribution in [2.75, 3.05) is 0 Å². The third-order valence-corrected chi connectivity index (χ3v) is 2.82. The van der Waals surface area contributed by atoms with Gasteiger partial charge in [-0.15, -0.1) is 0 Å². The Morgan fingerprint density at radius 3 is 2.62 bits per heavy atom. The zero-order chi connectivity index (χ0) is 9.59. The summed E-state index contributed by atoms with van der Waals surface area (Å²) in [5, 5.41) is 0. The van der Waals surface area contributed by atoms with Crippen molar-refractivity contribution < 1.29 is 9.59 Å². The number of Topliss-reactive ketones (excluding diaryl/α,β-unsaturated/α-hetero) is 2. The SMILES string of the molecule is CC1CC(=O)C2C(=O)C(C)N=C2C1. The van der Waals surface area contributed by atoms with E-state index >= 15 is 0 Å². The monoisotopic (exact) mass is 179 g/mol. The third kappa shape index (κ3) is 1.23. The van der Waals surface area contributed by atoms with Gasteiger partial charge in [0, 0.05) is 12.1 Å². The van der Waals surface area contributed by atoms with Crippen molar-refractivity contribution in [1.82, 2.24) is 0 Å². The second-order valence-electron chi connectivity index (χ2n) is 4.11. The van der Waals surface area contributed by atoms with E-state index < -0.39 is 5.92 Å². The van der Waals surface area contributed by atoms with Crippen LogP contribution < -0.4 is 0 Å². The molecule has 70 valence electrons. The highest BCUT2D eigenvalue weighted by Crippen LogP contribution is 2.30. The molecule has 1 fully saturated rings. The normalized spacial score (nSPS) is 38.9. The first-order valence-corrected chi connectivity index (χ1v) is 4.72. The van der Waals surface area contributed by atoms with Crippen molar-refractivity contribution in [2.24, 2.45) is 16.8 Å². The number of carbonyl (C=O) groups is 2. The van der Waals surface area contributed by atoms with Gasteiger partial charge in [0.05, 0.1) is 0 Å². The molecule has 0 radical (unpaired) electrons. The lowest BCUT2D eigenvalue weighted by molar-refractivity contribution is -0.130. The van der Waals surface area contributed by atoms with Gasteiger partial charge >= 0.3 is 0 Å². The summed E-state index contributed by atoms with van der Waals surface area (Å²) in [4.78, 5) is 27.3. The standard InChI is InChI=1S/C10H13NO2/c1-5-3-7-9(8(12)4-5)10(13)6(2)11-7/h5-6,9H,3-4H2,1-2H3. The van der Waals surface area contributed by atoms with Gasteiger partial charge in [0.1, 0.15) is 17.7 Å². The summed E-state index contributed by atoms with van der Waals surface area (Å²) >= 11 is 0. The number of ketones is 2. The molecule has 0 aromatic heterocycles. The number of fused-ring (bicyclic) bond motifs is 1. The van der Waals surface area contributed by atoms with Gasteiger partial charge < -0.3 is 0 Å². The van der Waals surface area contributed by atoms with E-state index in [1.165, 1.54) is 0 Å². The predicted octanol–water partition coefficient (Wildman–Crippen LogP) is 1.01. The molecule has 1 aliphatic heterocycles. The molecule has 13 heavy (non-hydrogen) atoms. The van der Waals surface area contributed by atoms with Crippen molar-refractivity contribution in [3.8, 4) is 0 Å². The Morgan fingerprint density at radius 1 is 1.23 bits per heavy atom. The molecule has 0 N–H and O–H groups in total. The van der Waals surface area contributed by atoms with E-state index in [-0.39, 0.29) is 17.6 Å². The molecule has 3 atom stereocenters. The first-order chi connectivity index (χ1) is 6.09. The summed E-state index contributed by atoms with van der Waals surface area (Å²) in [5.74, 6) is -0.0226. The quantitative estimate of drug-likeness (QED) is 0.521. The maximum absolute atomic E-state index is 11.5. The second kappa shape index (κ2) is 2.76. The largest absolute Gasteiger partial charge is 0.298 e. The third-order valence-electron chi connectivity index (χ3n) is 2.82. The summed E-state index contributed by atoms with van der Waals surface area (Å²) < 4.78 is 0. The molecule has 3 heteroatoms. The Balaban J connectivity index is 2.31. The van der Waals surface area contributed by atoms with Gasteiger partial charge in [-0.1, -0.05) is 6.92 Å². The number of hydrogen-bond acceptors (Lipinski definition) is 3. The lowest BCUT2D eigenvalue weighted by Crippen LogP contribution is -2.35. The van der Waals surface area contributed by atoms with Gasteiger partial charge in [0.25, 0.3) is 0 Å². The van der Waals surface area contributed by atoms with Crippen LogP contribution in [0, 0.1) is 11.8 Å². The number of rotatable bonds is 0. The van der Waals surface area contributed by atoms with Crippen molar-refractivity contribution in [3.63, 3.8) is 0 Å². The van der Waals surface area contributed by atoms with Gasteiger partial charge in [-0.05, 0) is 19.3 Å². The number of carbonyl (C=O) groups excluding carboxylic acids is 2. The zero-order valence-corrected chi connectivity index (χ0v) is 7.91. The molecule has 1 aliphatic carbocycles. The minimum absolute atomic E-state index is 0.00639. The molecule has 0 saturated heterocycles. The van der Waals surface area contributed by atoms with Crippen molar-refractivity contribution in [2.45, 2.75) is 32.7 Å². The molecule has 2 aliphatic rings. The van der Waals surface area contributed by atoms with E-state index in [0.29, 0.717) is 12.3 Å². The average molecular weight is 179 g/mol. The van der Waals surface area contributed by atoms with Crippen LogP contribution >= 0.6 is 0 Å². The Kier molecular flexibility index (Phi) is 1.82. The molecule has 0 aromatic carbocycles. The summed E-state index contributed by atoms with van der Waals surface area (Å²) in [6.45, 7) is 3.80. The molecule has 2 rings (SSSR count). The summed E-state index contributed by atoms with van der Waals surface area (Å²) in [7, 11) is 0. The number of hydrogen-bond donors (Lipinski definition) is 0. The lowest BCUT2D eigenvalue weighted by Gasteiger charge is -2.21. The van der Waals surface area contributed by atoms with Crippen molar-refractivity contribution in [3.05, 3.63) is 0 Å². The molecule has 0 spiro atoms. The summed E-state index contributed by atoms with van der Waals surface area (Å²) in [5.41, 5.74) is 0.834. The van der Waals surface area contributed by atoms with E-state index in [0.717, 1.165) is 12.1 Å². The van der Waals surface area contributed by atoms with Crippen LogP contribution in [0.4, 0.5) is 0 Å². The zero-order valence-electron chi connectivity index (χ0n) is 7.91. The fourth-order valence-corrected chi connectivity index (χ4v) is 2.20. The molecular weight excluding hydrogens is 166 g/mol. The minimum Gasteiger partial charge on any atom is -0.298 e. The van der Waals surface area contributed by atoms with Gasteiger partial charge in [0.15, 0.2) is 5.78 Å². The lowest BCUT2D eigenvalue weighted by atomic mass is 9.79. The van der Waals surface area contributed by atoms with Crippen LogP contribution in [0.1, 0.15) is 26.7 Å². The Labute approximate surface area is 77.2 Å². The van der Waals surface area contributed by atoms with Gasteiger partial charge in [-0.25, -0.2) is 0 Å². The predicted molar refractivity (Wildman–Crippen MR) is 48.8 cm³/mol. The smallest absolute Gasteiger partial charge is 0.173 e. The average Bonchev–Trinajstić information content (AvgIpc) is 2.27. The van der Waals surface area contributed by atoms with Crippen LogP contribution in [-0.4, -0.2) is 23.3 Å². The van der Waals surface area contributed by atoms with Crippen LogP contribution in [0.25, 0.3) is 0 Å². The van der Waals surface area contributed by atoms with Crippen molar-refractivity contribution in [1.29, 1.82) is 0 Å². The van der Waals surface area contributed by atoms with Gasteiger partial charge in [-0.3, -0.25) is 14.6 Å². The first-order valence-electron chi connectivity index (χ1n) is 4.72. The molecule has 1 heterocycles. The van der Waals surface area contributed by atoms with Crippen molar-refractivity contribution >= 4 is 17.3 Å². The highest BCUT2D eigenvalue weighted by Gasteiger charge is 2.42. The molecule has 1 saturated carbocycles. The van der Waals surface area contributed by atoms with E-state index in [4.69, 9.17) is 0 Å². The van der Waals surface area contributed by atoms with Crippen LogP contribution in [0.3, 0.4) is 0 Å². The van der Waals surface area contributed by atoms with Gasteiger partial charge in [0.2, 0.25) is 0 Å².